The Bertz CT molecular complexity index is 556. The van der Waals surface area contributed by atoms with E-state index >= 15 is 0 Å². The van der Waals surface area contributed by atoms with Crippen LogP contribution in [0.25, 0.3) is 0 Å². The maximum absolute atomic E-state index is 11.3. The van der Waals surface area contributed by atoms with Gasteiger partial charge in [-0.15, -0.1) is 10.2 Å². The quantitative estimate of drug-likeness (QED) is 0.827. The number of sulfone groups is 1. The van der Waals surface area contributed by atoms with Crippen molar-refractivity contribution in [2.75, 3.05) is 37.3 Å². The van der Waals surface area contributed by atoms with E-state index in [2.05, 4.69) is 20.4 Å². The lowest BCUT2D eigenvalue weighted by molar-refractivity contribution is 0.148. The first-order valence-electron chi connectivity index (χ1n) is 6.48. The second kappa shape index (κ2) is 4.42. The third-order valence-electron chi connectivity index (χ3n) is 4.05. The van der Waals surface area contributed by atoms with Gasteiger partial charge in [0.25, 0.3) is 0 Å². The van der Waals surface area contributed by atoms with Gasteiger partial charge < -0.3 is 10.2 Å². The molecule has 0 saturated carbocycles. The molecule has 2 aliphatic rings. The molecule has 2 fully saturated rings. The van der Waals surface area contributed by atoms with Crippen LogP contribution in [-0.4, -0.2) is 51.0 Å². The Morgan fingerprint density at radius 2 is 1.89 bits per heavy atom. The first kappa shape index (κ1) is 12.8. The van der Waals surface area contributed by atoms with Crippen LogP contribution in [0.2, 0.25) is 0 Å². The molecule has 1 aromatic heterocycles. The molecule has 0 unspecified atom stereocenters. The molecule has 0 amide bonds. The molecule has 1 aromatic rings. The number of nitrogens with zero attached hydrogens (tertiary/aromatic N) is 3. The topological polar surface area (TPSA) is 75.2 Å². The maximum Gasteiger partial charge on any atom is 0.194 e. The molecule has 0 aromatic carbocycles. The normalized spacial score (nSPS) is 22.3. The van der Waals surface area contributed by atoms with Crippen LogP contribution in [0.3, 0.4) is 0 Å². The van der Waals surface area contributed by atoms with Gasteiger partial charge in [-0.2, -0.15) is 0 Å². The minimum Gasteiger partial charge on any atom is -0.354 e. The standard InChI is InChI=1S/C12H18N4O2S/c1-19(17,18)11-3-2-10(14-15-11)16-8-12(9-16)4-6-13-7-5-12/h2-3,13H,4-9H2,1H3. The third-order valence-corrected chi connectivity index (χ3v) is 5.02. The van der Waals surface area contributed by atoms with Gasteiger partial charge in [0, 0.05) is 24.8 Å². The molecule has 104 valence electrons. The van der Waals surface area contributed by atoms with E-state index in [-0.39, 0.29) is 5.03 Å². The highest BCUT2D eigenvalue weighted by molar-refractivity contribution is 7.90. The summed E-state index contributed by atoms with van der Waals surface area (Å²) in [5.41, 5.74) is 0.433. The van der Waals surface area contributed by atoms with Crippen molar-refractivity contribution in [2.45, 2.75) is 17.9 Å². The lowest BCUT2D eigenvalue weighted by atomic mass is 9.72. The van der Waals surface area contributed by atoms with Crippen LogP contribution in [0.5, 0.6) is 0 Å². The van der Waals surface area contributed by atoms with Crippen molar-refractivity contribution in [2.24, 2.45) is 5.41 Å². The summed E-state index contributed by atoms with van der Waals surface area (Å²) in [6.45, 7) is 4.18. The average molecular weight is 282 g/mol. The van der Waals surface area contributed by atoms with Crippen LogP contribution in [0.1, 0.15) is 12.8 Å². The van der Waals surface area contributed by atoms with Crippen LogP contribution in [0.15, 0.2) is 17.2 Å². The molecule has 2 aliphatic heterocycles. The largest absolute Gasteiger partial charge is 0.354 e. The predicted molar refractivity (Wildman–Crippen MR) is 71.9 cm³/mol. The van der Waals surface area contributed by atoms with Crippen molar-refractivity contribution in [1.29, 1.82) is 0 Å². The van der Waals surface area contributed by atoms with Crippen LogP contribution in [-0.2, 0) is 9.84 Å². The van der Waals surface area contributed by atoms with Crippen molar-refractivity contribution in [3.05, 3.63) is 12.1 Å². The molecule has 0 atom stereocenters. The molecule has 0 aliphatic carbocycles. The first-order chi connectivity index (χ1) is 8.99. The molecule has 0 radical (unpaired) electrons. The van der Waals surface area contributed by atoms with Gasteiger partial charge in [-0.25, -0.2) is 8.42 Å². The summed E-state index contributed by atoms with van der Waals surface area (Å²) in [4.78, 5) is 2.17. The van der Waals surface area contributed by atoms with E-state index in [0.717, 1.165) is 38.3 Å². The molecule has 1 N–H and O–H groups in total. The van der Waals surface area contributed by atoms with Crippen LogP contribution < -0.4 is 10.2 Å². The smallest absolute Gasteiger partial charge is 0.194 e. The summed E-state index contributed by atoms with van der Waals surface area (Å²) < 4.78 is 22.6. The average Bonchev–Trinajstić information content (AvgIpc) is 2.36. The highest BCUT2D eigenvalue weighted by atomic mass is 32.2. The van der Waals surface area contributed by atoms with Crippen LogP contribution in [0.4, 0.5) is 5.82 Å². The monoisotopic (exact) mass is 282 g/mol. The van der Waals surface area contributed by atoms with Crippen LogP contribution in [0, 0.1) is 5.41 Å². The molecule has 7 heteroatoms. The van der Waals surface area contributed by atoms with Crippen LogP contribution >= 0.6 is 0 Å². The second-order valence-electron chi connectivity index (χ2n) is 5.61. The Morgan fingerprint density at radius 1 is 1.21 bits per heavy atom. The van der Waals surface area contributed by atoms with Gasteiger partial charge in [-0.05, 0) is 38.1 Å². The summed E-state index contributed by atoms with van der Waals surface area (Å²) in [6, 6.07) is 3.28. The van der Waals surface area contributed by atoms with Crippen molar-refractivity contribution in [3.8, 4) is 0 Å². The summed E-state index contributed by atoms with van der Waals surface area (Å²) >= 11 is 0. The number of nitrogens with one attached hydrogen (secondary N) is 1. The fourth-order valence-corrected chi connectivity index (χ4v) is 3.38. The second-order valence-corrected chi connectivity index (χ2v) is 7.57. The minimum atomic E-state index is -3.26. The van der Waals surface area contributed by atoms with E-state index in [4.69, 9.17) is 0 Å². The number of hydrogen-bond acceptors (Lipinski definition) is 6. The van der Waals surface area contributed by atoms with E-state index < -0.39 is 9.84 Å². The maximum atomic E-state index is 11.3. The van der Waals surface area contributed by atoms with Gasteiger partial charge in [0.1, 0.15) is 0 Å². The number of hydrogen-bond donors (Lipinski definition) is 1. The summed E-state index contributed by atoms with van der Waals surface area (Å²) in [6.07, 6.45) is 3.56. The zero-order valence-electron chi connectivity index (χ0n) is 11.0. The highest BCUT2D eigenvalue weighted by Crippen LogP contribution is 2.40. The molecule has 3 heterocycles. The molecule has 2 saturated heterocycles. The van der Waals surface area contributed by atoms with Crippen molar-refractivity contribution in [3.63, 3.8) is 0 Å². The minimum absolute atomic E-state index is 0.0355. The van der Waals surface area contributed by atoms with Crippen molar-refractivity contribution in [1.82, 2.24) is 15.5 Å². The van der Waals surface area contributed by atoms with Gasteiger partial charge in [0.2, 0.25) is 0 Å². The fourth-order valence-electron chi connectivity index (χ4n) is 2.88. The fraction of sp³-hybridized carbons (Fsp3) is 0.667. The predicted octanol–water partition coefficient (Wildman–Crippen LogP) is 0.0699. The molecular formula is C12H18N4O2S. The molecule has 3 rings (SSSR count). The van der Waals surface area contributed by atoms with Crippen molar-refractivity contribution >= 4 is 15.7 Å². The molecule has 6 nitrogen and oxygen atoms in total. The molecule has 19 heavy (non-hydrogen) atoms. The molecule has 1 spiro atoms. The highest BCUT2D eigenvalue weighted by Gasteiger charge is 2.43. The first-order valence-corrected chi connectivity index (χ1v) is 8.37. The Morgan fingerprint density at radius 3 is 2.42 bits per heavy atom. The lowest BCUT2D eigenvalue weighted by Gasteiger charge is -2.52. The Balaban J connectivity index is 1.69. The van der Waals surface area contributed by atoms with Gasteiger partial charge in [-0.1, -0.05) is 0 Å². The molecule has 0 bridgehead atoms. The number of piperidine rings is 1. The Kier molecular flexibility index (Phi) is 2.98. The van der Waals surface area contributed by atoms with E-state index in [9.17, 15) is 8.42 Å². The van der Waals surface area contributed by atoms with E-state index in [1.54, 1.807) is 6.07 Å². The summed E-state index contributed by atoms with van der Waals surface area (Å²) in [5.74, 6) is 0.775. The number of rotatable bonds is 2. The zero-order valence-corrected chi connectivity index (χ0v) is 11.8. The summed E-state index contributed by atoms with van der Waals surface area (Å²) in [7, 11) is -3.26. The van der Waals surface area contributed by atoms with Gasteiger partial charge in [-0.3, -0.25) is 0 Å². The van der Waals surface area contributed by atoms with Crippen molar-refractivity contribution < 1.29 is 8.42 Å². The Labute approximate surface area is 113 Å². The zero-order chi connectivity index (χ0) is 13.5. The van der Waals surface area contributed by atoms with Gasteiger partial charge in [0.15, 0.2) is 20.7 Å². The Hall–Kier alpha value is -1.21. The lowest BCUT2D eigenvalue weighted by Crippen LogP contribution is -2.60. The summed E-state index contributed by atoms with van der Waals surface area (Å²) in [5, 5.41) is 11.2. The number of aromatic nitrogens is 2. The SMILES string of the molecule is CS(=O)(=O)c1ccc(N2CC3(CCNCC3)C2)nn1. The van der Waals surface area contributed by atoms with E-state index in [1.165, 1.54) is 18.9 Å². The van der Waals surface area contributed by atoms with Gasteiger partial charge in [0.05, 0.1) is 0 Å². The van der Waals surface area contributed by atoms with E-state index in [0.29, 0.717) is 5.41 Å². The van der Waals surface area contributed by atoms with E-state index in [1.807, 2.05) is 0 Å². The number of anilines is 1. The molecular weight excluding hydrogens is 264 g/mol. The third kappa shape index (κ3) is 2.44. The van der Waals surface area contributed by atoms with Gasteiger partial charge >= 0.3 is 0 Å².